The van der Waals surface area contributed by atoms with Crippen LogP contribution in [0.3, 0.4) is 0 Å². The lowest BCUT2D eigenvalue weighted by Crippen LogP contribution is -2.62. The first-order valence-electron chi connectivity index (χ1n) is 20.8. The highest BCUT2D eigenvalue weighted by Gasteiger charge is 2.64. The van der Waals surface area contributed by atoms with Crippen molar-refractivity contribution in [2.75, 3.05) is 34.0 Å². The highest BCUT2D eigenvalue weighted by atomic mass is 32.2. The second-order valence-corrected chi connectivity index (χ2v) is 19.9. The highest BCUT2D eigenvalue weighted by Crippen LogP contribution is 2.50. The first-order chi connectivity index (χ1) is 29.8. The predicted octanol–water partition coefficient (Wildman–Crippen LogP) is 4.92. The maximum absolute atomic E-state index is 14.6. The third-order valence-electron chi connectivity index (χ3n) is 12.8. The number of nitrogens with zero attached hydrogens (tertiary/aromatic N) is 3. The average Bonchev–Trinajstić information content (AvgIpc) is 4.11. The summed E-state index contributed by atoms with van der Waals surface area (Å²) >= 11 is 0. The minimum Gasteiger partial charge on any atom is -0.497 e. The summed E-state index contributed by atoms with van der Waals surface area (Å²) < 4.78 is 147. The molecule has 0 bridgehead atoms. The lowest BCUT2D eigenvalue weighted by Gasteiger charge is -2.39. The molecule has 2 aromatic rings. The molecule has 2 aliphatic heterocycles. The number of aliphatic hydroxyl groups excluding tert-OH is 1. The Kier molecular flexibility index (Phi) is 14.0. The first-order valence-corrected chi connectivity index (χ1v) is 22.3. The minimum atomic E-state index is -5.11. The fourth-order valence-electron chi connectivity index (χ4n) is 8.58. The van der Waals surface area contributed by atoms with E-state index in [9.17, 15) is 58.6 Å². The van der Waals surface area contributed by atoms with Gasteiger partial charge < -0.3 is 34.7 Å². The number of amides is 3. The van der Waals surface area contributed by atoms with E-state index in [1.165, 1.54) is 32.4 Å². The fraction of sp³-hybridized carbons (Fsp3) is 0.725. The third kappa shape index (κ3) is 10.2. The third-order valence-corrected chi connectivity index (χ3v) is 14.9. The highest BCUT2D eigenvalue weighted by molar-refractivity contribution is 7.91. The number of benzene rings is 1. The van der Waals surface area contributed by atoms with E-state index in [1.54, 1.807) is 0 Å². The van der Waals surface area contributed by atoms with E-state index in [4.69, 9.17) is 18.9 Å². The number of ether oxygens (including phenoxy) is 4. The van der Waals surface area contributed by atoms with E-state index < -0.39 is 124 Å². The lowest BCUT2D eigenvalue weighted by molar-refractivity contribution is -0.244. The number of aliphatic hydroxyl groups is 1. The number of carbonyl (C=O) groups excluding carboxylic acids is 3. The summed E-state index contributed by atoms with van der Waals surface area (Å²) in [6, 6.07) is 0.766. The number of hydrogen-bond acceptors (Lipinski definition) is 13. The van der Waals surface area contributed by atoms with Crippen LogP contribution in [0.15, 0.2) is 18.2 Å². The van der Waals surface area contributed by atoms with E-state index in [-0.39, 0.29) is 55.0 Å². The summed E-state index contributed by atoms with van der Waals surface area (Å²) in [6.07, 6.45) is -13.6. The second-order valence-electron chi connectivity index (χ2n) is 17.9. The number of rotatable bonds is 11. The standard InChI is InChI=1S/C40H53F7N6O10S/c1-21-8-6-7-9-23-17-38(23,34(56)52-64(58,59)37(20-41)12-13-37)51-31(54)28-16-25(62-32-30(39(42,43)44)48-26-11-10-24(61-5)15-27(26)49-32)18-53(28)33(55)29(22(14-21)19-60-4)50-35(57)63-36(2,3)40(45,46)47/h10-11,15,21-23,25,28-29,33,55H,6-9,12-14,16-20H2,1-5H3,(H,50,57)(H,51,54)(H,52,56)/t21-,22+,23+,25-,28+,29+,33?,38-/m1/s1. The van der Waals surface area contributed by atoms with Crippen LogP contribution in [0.5, 0.6) is 11.6 Å². The minimum absolute atomic E-state index is 0.0283. The summed E-state index contributed by atoms with van der Waals surface area (Å²) in [7, 11) is -1.91. The summed E-state index contributed by atoms with van der Waals surface area (Å²) in [5, 5.41) is 17.3. The van der Waals surface area contributed by atoms with Crippen LogP contribution in [-0.4, -0.2) is 127 Å². The van der Waals surface area contributed by atoms with Gasteiger partial charge in [-0.1, -0.05) is 26.2 Å². The number of halogens is 7. The van der Waals surface area contributed by atoms with E-state index >= 15 is 0 Å². The summed E-state index contributed by atoms with van der Waals surface area (Å²) in [5.41, 5.74) is -6.59. The number of sulfonamides is 1. The van der Waals surface area contributed by atoms with Gasteiger partial charge in [0.05, 0.1) is 36.8 Å². The number of aromatic nitrogens is 2. The molecule has 1 aromatic carbocycles. The van der Waals surface area contributed by atoms with E-state index in [0.29, 0.717) is 39.5 Å². The quantitative estimate of drug-likeness (QED) is 0.221. The van der Waals surface area contributed by atoms with Gasteiger partial charge in [0.2, 0.25) is 33.1 Å². The molecule has 24 heteroatoms. The number of methoxy groups -OCH3 is 2. The Morgan fingerprint density at radius 3 is 2.33 bits per heavy atom. The van der Waals surface area contributed by atoms with Crippen LogP contribution in [0.25, 0.3) is 11.0 Å². The Labute approximate surface area is 364 Å². The van der Waals surface area contributed by atoms with Gasteiger partial charge in [-0.2, -0.15) is 26.3 Å². The molecular weight excluding hydrogens is 890 g/mol. The molecule has 8 atom stereocenters. The second kappa shape index (κ2) is 18.2. The molecular formula is C40H53F7N6O10S. The molecule has 2 aliphatic carbocycles. The zero-order chi connectivity index (χ0) is 47.2. The summed E-state index contributed by atoms with van der Waals surface area (Å²) in [6.45, 7) is 1.09. The Bertz CT molecular complexity index is 2180. The molecule has 4 fully saturated rings. The van der Waals surface area contributed by atoms with Gasteiger partial charge in [-0.15, -0.1) is 0 Å². The van der Waals surface area contributed by atoms with Crippen molar-refractivity contribution in [1.29, 1.82) is 0 Å². The number of nitrogens with one attached hydrogen (secondary N) is 3. The summed E-state index contributed by atoms with van der Waals surface area (Å²) in [4.78, 5) is 50.8. The zero-order valence-electron chi connectivity index (χ0n) is 35.8. The van der Waals surface area contributed by atoms with Gasteiger partial charge in [0.1, 0.15) is 35.0 Å². The molecule has 3 heterocycles. The van der Waals surface area contributed by atoms with Crippen LogP contribution in [0.4, 0.5) is 35.5 Å². The molecule has 1 aromatic heterocycles. The molecule has 2 saturated heterocycles. The van der Waals surface area contributed by atoms with Crippen molar-refractivity contribution in [3.8, 4) is 11.6 Å². The van der Waals surface area contributed by atoms with Crippen molar-refractivity contribution in [3.05, 3.63) is 23.9 Å². The van der Waals surface area contributed by atoms with Crippen molar-refractivity contribution < 1.29 is 77.6 Å². The number of alkyl halides is 7. The molecule has 3 amide bonds. The zero-order valence-corrected chi connectivity index (χ0v) is 36.6. The van der Waals surface area contributed by atoms with Gasteiger partial charge >= 0.3 is 18.4 Å². The van der Waals surface area contributed by atoms with Crippen molar-refractivity contribution in [2.24, 2.45) is 17.8 Å². The average molecular weight is 943 g/mol. The monoisotopic (exact) mass is 942 g/mol. The molecule has 0 spiro atoms. The van der Waals surface area contributed by atoms with Gasteiger partial charge in [-0.05, 0) is 69.9 Å². The number of fused-ring (bicyclic) bond motifs is 3. The Morgan fingerprint density at radius 2 is 1.72 bits per heavy atom. The topological polar surface area (TPSA) is 208 Å². The normalized spacial score (nSPS) is 29.3. The van der Waals surface area contributed by atoms with Gasteiger partial charge in [-0.3, -0.25) is 19.2 Å². The molecule has 0 radical (unpaired) electrons. The van der Waals surface area contributed by atoms with Crippen molar-refractivity contribution >= 4 is 39.0 Å². The Balaban J connectivity index is 1.41. The fourth-order valence-corrected chi connectivity index (χ4v) is 10.0. The molecule has 4 N–H and O–H groups in total. The molecule has 4 aliphatic rings. The van der Waals surface area contributed by atoms with Crippen molar-refractivity contribution in [3.63, 3.8) is 0 Å². The van der Waals surface area contributed by atoms with Crippen LogP contribution in [0, 0.1) is 17.8 Å². The van der Waals surface area contributed by atoms with Crippen molar-refractivity contribution in [1.82, 2.24) is 30.2 Å². The van der Waals surface area contributed by atoms with Crippen LogP contribution in [-0.2, 0) is 35.3 Å². The number of alkyl carbamates (subject to hydrolysis) is 1. The van der Waals surface area contributed by atoms with Crippen LogP contribution < -0.4 is 24.8 Å². The van der Waals surface area contributed by atoms with Gasteiger partial charge in [0.25, 0.3) is 5.91 Å². The first kappa shape index (κ1) is 49.2. The molecule has 358 valence electrons. The van der Waals surface area contributed by atoms with Gasteiger partial charge in [0.15, 0.2) is 0 Å². The number of carbonyl (C=O) groups is 3. The van der Waals surface area contributed by atoms with E-state index in [0.717, 1.165) is 4.90 Å². The maximum Gasteiger partial charge on any atom is 0.438 e. The Hall–Kier alpha value is -4.29. The molecule has 2 saturated carbocycles. The smallest absolute Gasteiger partial charge is 0.438 e. The van der Waals surface area contributed by atoms with Crippen LogP contribution in [0.1, 0.15) is 84.3 Å². The van der Waals surface area contributed by atoms with E-state index in [2.05, 4.69) is 20.6 Å². The maximum atomic E-state index is 14.6. The van der Waals surface area contributed by atoms with E-state index in [1.807, 2.05) is 11.6 Å². The molecule has 6 rings (SSSR count). The van der Waals surface area contributed by atoms with Crippen LogP contribution in [0.2, 0.25) is 0 Å². The largest absolute Gasteiger partial charge is 0.497 e. The predicted molar refractivity (Wildman–Crippen MR) is 212 cm³/mol. The molecule has 1 unspecified atom stereocenters. The number of hydrogen-bond donors (Lipinski definition) is 4. The molecule has 64 heavy (non-hydrogen) atoms. The van der Waals surface area contributed by atoms with Gasteiger partial charge in [-0.25, -0.2) is 27.6 Å². The van der Waals surface area contributed by atoms with Gasteiger partial charge in [0, 0.05) is 32.1 Å². The lowest BCUT2D eigenvalue weighted by atomic mass is 9.86. The Morgan fingerprint density at radius 1 is 1.03 bits per heavy atom. The van der Waals surface area contributed by atoms with Crippen molar-refractivity contribution in [2.45, 2.75) is 131 Å². The SMILES string of the molecule is COC[C@@H]1C[C@H](C)CCCC[C@H]2C[C@@]2(C(=O)NS(=O)(=O)C2(CF)CC2)NC(=O)[C@@H]2C[C@@H](Oc3nc4cc(OC)ccc4nc3C(F)(F)F)CN2C(O)[C@H]1NC(=O)OC(C)(C)C(F)(F)F. The molecule has 16 nitrogen and oxygen atoms in total. The van der Waals surface area contributed by atoms with Crippen LogP contribution >= 0.6 is 0 Å². The summed E-state index contributed by atoms with van der Waals surface area (Å²) in [5.74, 6) is -4.54.